The van der Waals surface area contributed by atoms with Gasteiger partial charge in [0.2, 0.25) is 5.91 Å². The molecule has 0 saturated carbocycles. The Morgan fingerprint density at radius 3 is 2.61 bits per heavy atom. The van der Waals surface area contributed by atoms with Gasteiger partial charge < -0.3 is 24.7 Å². The molecule has 8 heteroatoms. The van der Waals surface area contributed by atoms with E-state index in [0.29, 0.717) is 17.9 Å². The number of hydrogen-bond donors (Lipinski definition) is 2. The third-order valence-corrected chi connectivity index (χ3v) is 5.54. The predicted octanol–water partition coefficient (Wildman–Crippen LogP) is 2.58. The van der Waals surface area contributed by atoms with Crippen LogP contribution in [0.3, 0.4) is 0 Å². The van der Waals surface area contributed by atoms with Gasteiger partial charge in [0.25, 0.3) is 5.91 Å². The minimum absolute atomic E-state index is 0.00911. The van der Waals surface area contributed by atoms with Gasteiger partial charge in [-0.15, -0.1) is 0 Å². The molecule has 2 unspecified atom stereocenters. The van der Waals surface area contributed by atoms with Gasteiger partial charge in [0.15, 0.2) is 0 Å². The van der Waals surface area contributed by atoms with Crippen LogP contribution in [-0.4, -0.2) is 48.5 Å². The molecule has 0 spiro atoms. The zero-order chi connectivity index (χ0) is 22.0. The number of carbonyl (C=O) groups excluding carboxylic acids is 2. The molecule has 0 bridgehead atoms. The molecule has 0 aliphatic carbocycles. The minimum Gasteiger partial charge on any atom is -0.497 e. The average Bonchev–Trinajstić information content (AvgIpc) is 3.21. The van der Waals surface area contributed by atoms with Crippen molar-refractivity contribution in [2.24, 2.45) is 0 Å². The molecule has 0 radical (unpaired) electrons. The number of fused-ring (bicyclic) bond motifs is 1. The van der Waals surface area contributed by atoms with Gasteiger partial charge in [-0.1, -0.05) is 18.2 Å². The first-order chi connectivity index (χ1) is 15.0. The Bertz CT molecular complexity index is 1010. The Labute approximate surface area is 181 Å². The summed E-state index contributed by atoms with van der Waals surface area (Å²) >= 11 is 0. The largest absolute Gasteiger partial charge is 0.497 e. The molecule has 2 aliphatic heterocycles. The van der Waals surface area contributed by atoms with Gasteiger partial charge in [0.05, 0.1) is 25.9 Å². The Morgan fingerprint density at radius 1 is 1.13 bits per heavy atom. The standard InChI is InChI=1S/C23H26N4O4/c1-15-4-9-21(31-3)19(12-15)24-22(28)14-26-10-11-27-20(23(26)29)13-18(25-27)16-5-7-17(30-2)8-6-16/h4-12,18,20,25H,13-14H2,1-3H3,(H,24,28). The summed E-state index contributed by atoms with van der Waals surface area (Å²) in [6.45, 7) is 1.87. The van der Waals surface area contributed by atoms with Crippen LogP contribution in [0.15, 0.2) is 54.9 Å². The molecule has 1 fully saturated rings. The van der Waals surface area contributed by atoms with E-state index in [1.807, 2.05) is 48.3 Å². The van der Waals surface area contributed by atoms with Crippen molar-refractivity contribution in [3.05, 3.63) is 66.0 Å². The third kappa shape index (κ3) is 4.34. The number of hydrazine groups is 1. The van der Waals surface area contributed by atoms with Crippen LogP contribution < -0.4 is 20.2 Å². The molecule has 2 aromatic rings. The maximum atomic E-state index is 13.0. The molecule has 2 heterocycles. The number of carbonyl (C=O) groups is 2. The van der Waals surface area contributed by atoms with Crippen LogP contribution in [-0.2, 0) is 9.59 Å². The van der Waals surface area contributed by atoms with Crippen molar-refractivity contribution in [1.82, 2.24) is 15.3 Å². The van der Waals surface area contributed by atoms with Gasteiger partial charge >= 0.3 is 0 Å². The zero-order valence-corrected chi connectivity index (χ0v) is 17.8. The number of amides is 2. The van der Waals surface area contributed by atoms with Crippen LogP contribution in [0.25, 0.3) is 0 Å². The minimum atomic E-state index is -0.363. The molecule has 1 saturated heterocycles. The first-order valence-corrected chi connectivity index (χ1v) is 10.1. The van der Waals surface area contributed by atoms with Crippen molar-refractivity contribution in [3.63, 3.8) is 0 Å². The Balaban J connectivity index is 1.40. The second-order valence-electron chi connectivity index (χ2n) is 7.63. The lowest BCUT2D eigenvalue weighted by Crippen LogP contribution is -2.49. The first kappa shape index (κ1) is 20.7. The lowest BCUT2D eigenvalue weighted by Gasteiger charge is -2.31. The number of hydrogen-bond acceptors (Lipinski definition) is 6. The fourth-order valence-electron chi connectivity index (χ4n) is 3.88. The van der Waals surface area contributed by atoms with Gasteiger partial charge in [-0.3, -0.25) is 9.59 Å². The zero-order valence-electron chi connectivity index (χ0n) is 17.8. The summed E-state index contributed by atoms with van der Waals surface area (Å²) < 4.78 is 10.5. The highest BCUT2D eigenvalue weighted by Crippen LogP contribution is 2.31. The molecule has 2 aliphatic rings. The Hall–Kier alpha value is -3.52. The normalized spacial score (nSPS) is 19.9. The molecule has 2 aromatic carbocycles. The van der Waals surface area contributed by atoms with E-state index in [-0.39, 0.29) is 30.4 Å². The predicted molar refractivity (Wildman–Crippen MR) is 116 cm³/mol. The number of ether oxygens (including phenoxy) is 2. The lowest BCUT2D eigenvalue weighted by molar-refractivity contribution is -0.137. The van der Waals surface area contributed by atoms with Gasteiger partial charge in [-0.05, 0) is 48.7 Å². The number of nitrogens with zero attached hydrogens (tertiary/aromatic N) is 2. The monoisotopic (exact) mass is 422 g/mol. The Kier molecular flexibility index (Phi) is 5.81. The van der Waals surface area contributed by atoms with E-state index in [1.165, 1.54) is 4.90 Å². The maximum absolute atomic E-state index is 13.0. The lowest BCUT2D eigenvalue weighted by atomic mass is 10.0. The van der Waals surface area contributed by atoms with Crippen LogP contribution in [0.1, 0.15) is 23.6 Å². The molecule has 0 aromatic heterocycles. The third-order valence-electron chi connectivity index (χ3n) is 5.54. The molecular weight excluding hydrogens is 396 g/mol. The topological polar surface area (TPSA) is 83.1 Å². The Morgan fingerprint density at radius 2 is 1.90 bits per heavy atom. The van der Waals surface area contributed by atoms with Crippen LogP contribution in [0, 0.1) is 6.92 Å². The molecule has 162 valence electrons. The molecule has 2 atom stereocenters. The molecule has 2 amide bonds. The van der Waals surface area contributed by atoms with Crippen molar-refractivity contribution < 1.29 is 19.1 Å². The molecule has 2 N–H and O–H groups in total. The number of aryl methyl sites for hydroxylation is 1. The van der Waals surface area contributed by atoms with Gasteiger partial charge in [-0.2, -0.15) is 0 Å². The quantitative estimate of drug-likeness (QED) is 0.745. The van der Waals surface area contributed by atoms with Crippen molar-refractivity contribution in [2.45, 2.75) is 25.4 Å². The van der Waals surface area contributed by atoms with Crippen LogP contribution in [0.5, 0.6) is 11.5 Å². The van der Waals surface area contributed by atoms with Crippen LogP contribution >= 0.6 is 0 Å². The fourth-order valence-corrected chi connectivity index (χ4v) is 3.88. The van der Waals surface area contributed by atoms with Crippen molar-refractivity contribution in [1.29, 1.82) is 0 Å². The van der Waals surface area contributed by atoms with Crippen molar-refractivity contribution in [2.75, 3.05) is 26.1 Å². The number of rotatable bonds is 6. The first-order valence-electron chi connectivity index (χ1n) is 10.1. The average molecular weight is 422 g/mol. The smallest absolute Gasteiger partial charge is 0.251 e. The summed E-state index contributed by atoms with van der Waals surface area (Å²) in [6.07, 6.45) is 4.05. The summed E-state index contributed by atoms with van der Waals surface area (Å²) in [7, 11) is 3.18. The van der Waals surface area contributed by atoms with E-state index in [1.54, 1.807) is 32.7 Å². The number of nitrogens with one attached hydrogen (secondary N) is 2. The van der Waals surface area contributed by atoms with Crippen molar-refractivity contribution in [3.8, 4) is 11.5 Å². The van der Waals surface area contributed by atoms with Crippen LogP contribution in [0.2, 0.25) is 0 Å². The molecule has 8 nitrogen and oxygen atoms in total. The highest BCUT2D eigenvalue weighted by atomic mass is 16.5. The SMILES string of the molecule is COc1ccc(C2CC3C(=O)N(CC(=O)Nc4cc(C)ccc4OC)C=CN3N2)cc1. The number of anilines is 1. The van der Waals surface area contributed by atoms with Crippen LogP contribution in [0.4, 0.5) is 5.69 Å². The number of benzene rings is 2. The summed E-state index contributed by atoms with van der Waals surface area (Å²) in [5.41, 5.74) is 6.02. The van der Waals surface area contributed by atoms with Gasteiger partial charge in [0.1, 0.15) is 24.1 Å². The van der Waals surface area contributed by atoms with E-state index < -0.39 is 0 Å². The van der Waals surface area contributed by atoms with Gasteiger partial charge in [-0.25, -0.2) is 5.43 Å². The maximum Gasteiger partial charge on any atom is 0.251 e. The molecular formula is C23H26N4O4. The van der Waals surface area contributed by atoms with Crippen molar-refractivity contribution >= 4 is 17.5 Å². The second kappa shape index (κ2) is 8.69. The molecule has 31 heavy (non-hydrogen) atoms. The highest BCUT2D eigenvalue weighted by Gasteiger charge is 2.40. The van der Waals surface area contributed by atoms with E-state index in [2.05, 4.69) is 10.7 Å². The summed E-state index contributed by atoms with van der Waals surface area (Å²) in [4.78, 5) is 27.1. The van der Waals surface area contributed by atoms with E-state index in [4.69, 9.17) is 9.47 Å². The van der Waals surface area contributed by atoms with Gasteiger partial charge in [0, 0.05) is 12.4 Å². The highest BCUT2D eigenvalue weighted by molar-refractivity contribution is 5.97. The molecule has 4 rings (SSSR count). The van der Waals surface area contributed by atoms with E-state index in [9.17, 15) is 9.59 Å². The summed E-state index contributed by atoms with van der Waals surface area (Å²) in [6, 6.07) is 13.0. The number of methoxy groups -OCH3 is 2. The second-order valence-corrected chi connectivity index (χ2v) is 7.63. The summed E-state index contributed by atoms with van der Waals surface area (Å²) in [5.74, 6) is 0.969. The van der Waals surface area contributed by atoms with E-state index in [0.717, 1.165) is 16.9 Å². The fraction of sp³-hybridized carbons (Fsp3) is 0.304. The summed E-state index contributed by atoms with van der Waals surface area (Å²) in [5, 5.41) is 4.66. The van der Waals surface area contributed by atoms with E-state index >= 15 is 0 Å².